The van der Waals surface area contributed by atoms with Crippen molar-refractivity contribution in [1.29, 1.82) is 5.26 Å². The number of anilines is 1. The lowest BCUT2D eigenvalue weighted by atomic mass is 10.0. The average molecular weight is 205 g/mol. The zero-order valence-corrected chi connectivity index (χ0v) is 8.28. The maximum absolute atomic E-state index is 12.7. The highest BCUT2D eigenvalue weighted by molar-refractivity contribution is 5.49. The van der Waals surface area contributed by atoms with Crippen LogP contribution in [-0.4, -0.2) is 18.6 Å². The van der Waals surface area contributed by atoms with Crippen LogP contribution >= 0.6 is 0 Å². The first-order valence-corrected chi connectivity index (χ1v) is 4.84. The Labute approximate surface area is 87.9 Å². The highest BCUT2D eigenvalue weighted by Crippen LogP contribution is 2.24. The van der Waals surface area contributed by atoms with Gasteiger partial charge in [-0.15, -0.1) is 0 Å². The number of halogens is 1. The van der Waals surface area contributed by atoms with Crippen molar-refractivity contribution in [2.75, 3.05) is 18.0 Å². The van der Waals surface area contributed by atoms with E-state index in [0.717, 1.165) is 12.2 Å². The summed E-state index contributed by atoms with van der Waals surface area (Å²) in [5.41, 5.74) is 6.00. The smallest absolute Gasteiger partial charge is 0.123 e. The molecule has 0 aromatic heterocycles. The summed E-state index contributed by atoms with van der Waals surface area (Å²) in [6, 6.07) is 8.36. The molecule has 2 rings (SSSR count). The van der Waals surface area contributed by atoms with Gasteiger partial charge in [-0.25, -0.2) is 4.39 Å². The van der Waals surface area contributed by atoms with Gasteiger partial charge < -0.3 is 10.6 Å². The SMILES string of the molecule is N#CC1(N)CCN(c2ccc(F)cc2)C1. The van der Waals surface area contributed by atoms with Crippen LogP contribution in [0.1, 0.15) is 6.42 Å². The summed E-state index contributed by atoms with van der Waals surface area (Å²) in [5, 5.41) is 8.87. The van der Waals surface area contributed by atoms with E-state index in [1.165, 1.54) is 12.1 Å². The fraction of sp³-hybridized carbons (Fsp3) is 0.364. The predicted molar refractivity (Wildman–Crippen MR) is 55.8 cm³/mol. The first-order valence-electron chi connectivity index (χ1n) is 4.84. The van der Waals surface area contributed by atoms with Crippen molar-refractivity contribution in [3.05, 3.63) is 30.1 Å². The molecule has 1 unspecified atom stereocenters. The maximum Gasteiger partial charge on any atom is 0.123 e. The minimum Gasteiger partial charge on any atom is -0.368 e. The third-order valence-corrected chi connectivity index (χ3v) is 2.72. The topological polar surface area (TPSA) is 53.1 Å². The lowest BCUT2D eigenvalue weighted by Crippen LogP contribution is -2.41. The zero-order valence-electron chi connectivity index (χ0n) is 8.28. The van der Waals surface area contributed by atoms with Crippen molar-refractivity contribution in [2.24, 2.45) is 5.73 Å². The van der Waals surface area contributed by atoms with E-state index in [1.54, 1.807) is 12.1 Å². The second-order valence-electron chi connectivity index (χ2n) is 3.92. The minimum absolute atomic E-state index is 0.253. The molecular weight excluding hydrogens is 193 g/mol. The van der Waals surface area contributed by atoms with Gasteiger partial charge in [-0.2, -0.15) is 5.26 Å². The first-order chi connectivity index (χ1) is 7.13. The lowest BCUT2D eigenvalue weighted by molar-refractivity contribution is 0.605. The van der Waals surface area contributed by atoms with E-state index in [0.29, 0.717) is 13.0 Å². The Balaban J connectivity index is 2.15. The van der Waals surface area contributed by atoms with Crippen molar-refractivity contribution in [2.45, 2.75) is 12.0 Å². The molecule has 4 heteroatoms. The standard InChI is InChI=1S/C11H12FN3/c12-9-1-3-10(4-2-9)15-6-5-11(14,7-13)8-15/h1-4H,5-6,8,14H2. The fourth-order valence-corrected chi connectivity index (χ4v) is 1.80. The van der Waals surface area contributed by atoms with Crippen molar-refractivity contribution in [3.8, 4) is 6.07 Å². The summed E-state index contributed by atoms with van der Waals surface area (Å²) in [5.74, 6) is -0.253. The summed E-state index contributed by atoms with van der Waals surface area (Å²) in [6.45, 7) is 1.25. The molecule has 1 aliphatic rings. The van der Waals surface area contributed by atoms with Crippen LogP contribution in [0.5, 0.6) is 0 Å². The Bertz CT molecular complexity index is 395. The molecule has 1 aliphatic heterocycles. The van der Waals surface area contributed by atoms with Crippen LogP contribution < -0.4 is 10.6 Å². The van der Waals surface area contributed by atoms with Crippen LogP contribution in [0.3, 0.4) is 0 Å². The van der Waals surface area contributed by atoms with Crippen LogP contribution in [0.25, 0.3) is 0 Å². The molecule has 15 heavy (non-hydrogen) atoms. The molecule has 1 atom stereocenters. The lowest BCUT2D eigenvalue weighted by Gasteiger charge is -2.19. The van der Waals surface area contributed by atoms with E-state index >= 15 is 0 Å². The van der Waals surface area contributed by atoms with Crippen LogP contribution in [-0.2, 0) is 0 Å². The molecule has 1 aromatic carbocycles. The molecule has 1 heterocycles. The number of rotatable bonds is 1. The van der Waals surface area contributed by atoms with Crippen molar-refractivity contribution < 1.29 is 4.39 Å². The summed E-state index contributed by atoms with van der Waals surface area (Å²) < 4.78 is 12.7. The van der Waals surface area contributed by atoms with Crippen molar-refractivity contribution >= 4 is 5.69 Å². The van der Waals surface area contributed by atoms with Gasteiger partial charge in [0.2, 0.25) is 0 Å². The van der Waals surface area contributed by atoms with E-state index in [2.05, 4.69) is 6.07 Å². The zero-order chi connectivity index (χ0) is 10.9. The summed E-state index contributed by atoms with van der Waals surface area (Å²) in [7, 11) is 0. The Morgan fingerprint density at radius 1 is 1.40 bits per heavy atom. The van der Waals surface area contributed by atoms with Gasteiger partial charge in [-0.1, -0.05) is 0 Å². The normalized spacial score (nSPS) is 25.3. The van der Waals surface area contributed by atoms with Crippen molar-refractivity contribution in [3.63, 3.8) is 0 Å². The van der Waals surface area contributed by atoms with Gasteiger partial charge in [0.15, 0.2) is 0 Å². The van der Waals surface area contributed by atoms with E-state index in [4.69, 9.17) is 11.0 Å². The minimum atomic E-state index is -0.756. The molecule has 0 aliphatic carbocycles. The molecule has 1 saturated heterocycles. The van der Waals surface area contributed by atoms with E-state index in [9.17, 15) is 4.39 Å². The van der Waals surface area contributed by atoms with E-state index < -0.39 is 5.54 Å². The molecule has 2 N–H and O–H groups in total. The molecule has 0 bridgehead atoms. The number of nitrogens with zero attached hydrogens (tertiary/aromatic N) is 2. The van der Waals surface area contributed by atoms with Gasteiger partial charge in [0.25, 0.3) is 0 Å². The number of nitriles is 1. The Hall–Kier alpha value is -1.60. The molecule has 0 radical (unpaired) electrons. The van der Waals surface area contributed by atoms with Gasteiger partial charge in [-0.05, 0) is 30.7 Å². The number of benzene rings is 1. The predicted octanol–water partition coefficient (Wildman–Crippen LogP) is 1.26. The molecule has 0 saturated carbocycles. The van der Waals surface area contributed by atoms with Gasteiger partial charge in [0.1, 0.15) is 11.4 Å². The Kier molecular flexibility index (Phi) is 2.33. The highest BCUT2D eigenvalue weighted by atomic mass is 19.1. The molecule has 78 valence electrons. The summed E-state index contributed by atoms with van der Waals surface area (Å²) in [6.07, 6.45) is 0.654. The number of hydrogen-bond acceptors (Lipinski definition) is 3. The molecule has 0 amide bonds. The van der Waals surface area contributed by atoms with Crippen LogP contribution in [0.4, 0.5) is 10.1 Å². The summed E-state index contributed by atoms with van der Waals surface area (Å²) >= 11 is 0. The van der Waals surface area contributed by atoms with Crippen LogP contribution in [0.2, 0.25) is 0 Å². The van der Waals surface area contributed by atoms with Gasteiger partial charge in [0, 0.05) is 18.8 Å². The Morgan fingerprint density at radius 3 is 2.60 bits per heavy atom. The third-order valence-electron chi connectivity index (χ3n) is 2.72. The largest absolute Gasteiger partial charge is 0.368 e. The molecule has 3 nitrogen and oxygen atoms in total. The average Bonchev–Trinajstić information content (AvgIpc) is 2.63. The third kappa shape index (κ3) is 1.92. The van der Waals surface area contributed by atoms with Crippen LogP contribution in [0.15, 0.2) is 24.3 Å². The number of hydrogen-bond donors (Lipinski definition) is 1. The van der Waals surface area contributed by atoms with E-state index in [-0.39, 0.29) is 5.82 Å². The second kappa shape index (κ2) is 3.52. The molecule has 1 fully saturated rings. The molecule has 0 spiro atoms. The fourth-order valence-electron chi connectivity index (χ4n) is 1.80. The second-order valence-corrected chi connectivity index (χ2v) is 3.92. The van der Waals surface area contributed by atoms with Gasteiger partial charge in [-0.3, -0.25) is 0 Å². The Morgan fingerprint density at radius 2 is 2.07 bits per heavy atom. The van der Waals surface area contributed by atoms with Gasteiger partial charge in [0.05, 0.1) is 6.07 Å². The highest BCUT2D eigenvalue weighted by Gasteiger charge is 2.34. The monoisotopic (exact) mass is 205 g/mol. The first kappa shape index (κ1) is 9.94. The maximum atomic E-state index is 12.7. The summed E-state index contributed by atoms with van der Waals surface area (Å²) in [4.78, 5) is 2.00. The quantitative estimate of drug-likeness (QED) is 0.750. The number of nitrogens with two attached hydrogens (primary N) is 1. The van der Waals surface area contributed by atoms with Crippen molar-refractivity contribution in [1.82, 2.24) is 0 Å². The van der Waals surface area contributed by atoms with Gasteiger partial charge >= 0.3 is 0 Å². The molecular formula is C11H12FN3. The van der Waals surface area contributed by atoms with E-state index in [1.807, 2.05) is 4.90 Å². The van der Waals surface area contributed by atoms with Crippen LogP contribution in [0, 0.1) is 17.1 Å². The molecule has 1 aromatic rings.